The van der Waals surface area contributed by atoms with Crippen molar-refractivity contribution in [2.75, 3.05) is 51.8 Å². The Labute approximate surface area is 221 Å². The maximum Gasteiger partial charge on any atom is 0.254 e. The molecular formula is C28H32FN5O4. The summed E-state index contributed by atoms with van der Waals surface area (Å²) in [5.41, 5.74) is 1.72. The van der Waals surface area contributed by atoms with Crippen LogP contribution in [0.1, 0.15) is 24.2 Å². The molecule has 0 radical (unpaired) electrons. The van der Waals surface area contributed by atoms with E-state index < -0.39 is 5.82 Å². The van der Waals surface area contributed by atoms with Crippen LogP contribution in [0.5, 0.6) is 11.5 Å². The van der Waals surface area contributed by atoms with Gasteiger partial charge in [0.1, 0.15) is 23.9 Å². The van der Waals surface area contributed by atoms with Crippen molar-refractivity contribution in [1.29, 1.82) is 0 Å². The Morgan fingerprint density at radius 3 is 2.34 bits per heavy atom. The zero-order valence-electron chi connectivity index (χ0n) is 22.1. The average Bonchev–Trinajstić information content (AvgIpc) is 2.95. The number of hydrogen-bond donors (Lipinski definition) is 0. The van der Waals surface area contributed by atoms with E-state index in [1.54, 1.807) is 31.3 Å². The van der Waals surface area contributed by atoms with Gasteiger partial charge in [0.25, 0.3) is 5.91 Å². The number of anilines is 1. The smallest absolute Gasteiger partial charge is 0.254 e. The second kappa shape index (κ2) is 11.9. The first-order chi connectivity index (χ1) is 18.3. The summed E-state index contributed by atoms with van der Waals surface area (Å²) >= 11 is 0. The second-order valence-corrected chi connectivity index (χ2v) is 9.25. The number of carbonyl (C=O) groups is 2. The molecule has 1 aromatic heterocycles. The van der Waals surface area contributed by atoms with Gasteiger partial charge in [-0.3, -0.25) is 9.59 Å². The monoisotopic (exact) mass is 521 g/mol. The number of halogens is 1. The van der Waals surface area contributed by atoms with Crippen LogP contribution >= 0.6 is 0 Å². The molecule has 1 aliphatic rings. The van der Waals surface area contributed by atoms with Gasteiger partial charge < -0.3 is 24.2 Å². The number of hydrogen-bond acceptors (Lipinski definition) is 7. The number of aromatic nitrogens is 2. The number of nitrogens with zero attached hydrogens (tertiary/aromatic N) is 5. The first-order valence-corrected chi connectivity index (χ1v) is 12.5. The third kappa shape index (κ3) is 6.01. The van der Waals surface area contributed by atoms with E-state index in [9.17, 15) is 14.0 Å². The van der Waals surface area contributed by atoms with E-state index in [4.69, 9.17) is 9.47 Å². The van der Waals surface area contributed by atoms with Gasteiger partial charge in [-0.05, 0) is 56.3 Å². The summed E-state index contributed by atoms with van der Waals surface area (Å²) in [7, 11) is 3.20. The molecule has 2 heterocycles. The van der Waals surface area contributed by atoms with Gasteiger partial charge in [-0.15, -0.1) is 10.2 Å². The number of benzene rings is 2. The molecule has 0 bridgehead atoms. The number of rotatable bonds is 8. The lowest BCUT2D eigenvalue weighted by atomic mass is 10.1. The molecule has 9 nitrogen and oxygen atoms in total. The van der Waals surface area contributed by atoms with Gasteiger partial charge in [0.2, 0.25) is 5.91 Å². The van der Waals surface area contributed by atoms with E-state index in [-0.39, 0.29) is 30.0 Å². The predicted octanol–water partition coefficient (Wildman–Crippen LogP) is 3.50. The van der Waals surface area contributed by atoms with E-state index in [1.165, 1.54) is 23.1 Å². The Hall–Kier alpha value is -4.21. The molecule has 10 heteroatoms. The van der Waals surface area contributed by atoms with Crippen LogP contribution in [0.4, 0.5) is 10.2 Å². The fourth-order valence-electron chi connectivity index (χ4n) is 4.35. The van der Waals surface area contributed by atoms with Crippen molar-refractivity contribution in [3.05, 3.63) is 66.0 Å². The third-order valence-electron chi connectivity index (χ3n) is 6.55. The molecular weight excluding hydrogens is 489 g/mol. The van der Waals surface area contributed by atoms with Crippen molar-refractivity contribution in [1.82, 2.24) is 20.0 Å². The molecule has 4 rings (SSSR count). The third-order valence-corrected chi connectivity index (χ3v) is 6.55. The van der Waals surface area contributed by atoms with Crippen LogP contribution in [-0.4, -0.2) is 84.8 Å². The molecule has 2 amide bonds. The highest BCUT2D eigenvalue weighted by molar-refractivity contribution is 5.96. The van der Waals surface area contributed by atoms with E-state index in [2.05, 4.69) is 15.1 Å². The van der Waals surface area contributed by atoms with Crippen molar-refractivity contribution in [2.24, 2.45) is 0 Å². The Bertz CT molecular complexity index is 1280. The minimum absolute atomic E-state index is 0.0643. The molecule has 0 atom stereocenters. The topological polar surface area (TPSA) is 88.1 Å². The molecule has 3 aromatic rings. The van der Waals surface area contributed by atoms with Crippen molar-refractivity contribution >= 4 is 17.6 Å². The van der Waals surface area contributed by atoms with Gasteiger partial charge in [0.15, 0.2) is 5.82 Å². The maximum absolute atomic E-state index is 13.6. The van der Waals surface area contributed by atoms with Crippen LogP contribution in [0.3, 0.4) is 0 Å². The van der Waals surface area contributed by atoms with Crippen molar-refractivity contribution in [2.45, 2.75) is 19.9 Å². The molecule has 0 saturated carbocycles. The van der Waals surface area contributed by atoms with Crippen LogP contribution in [0.15, 0.2) is 54.6 Å². The molecule has 2 aromatic carbocycles. The van der Waals surface area contributed by atoms with Crippen LogP contribution in [-0.2, 0) is 4.79 Å². The Morgan fingerprint density at radius 2 is 1.74 bits per heavy atom. The van der Waals surface area contributed by atoms with Gasteiger partial charge in [-0.1, -0.05) is 6.07 Å². The number of amides is 2. The van der Waals surface area contributed by atoms with Crippen LogP contribution in [0.2, 0.25) is 0 Å². The molecule has 0 N–H and O–H groups in total. The van der Waals surface area contributed by atoms with Crippen LogP contribution in [0.25, 0.3) is 11.3 Å². The highest BCUT2D eigenvalue weighted by Crippen LogP contribution is 2.32. The number of ether oxygens (including phenoxy) is 2. The summed E-state index contributed by atoms with van der Waals surface area (Å²) in [5, 5.41) is 8.80. The Kier molecular flexibility index (Phi) is 8.40. The minimum atomic E-state index is -0.485. The van der Waals surface area contributed by atoms with Gasteiger partial charge >= 0.3 is 0 Å². The highest BCUT2D eigenvalue weighted by Gasteiger charge is 2.27. The summed E-state index contributed by atoms with van der Waals surface area (Å²) < 4.78 is 24.4. The van der Waals surface area contributed by atoms with E-state index in [0.717, 1.165) is 11.4 Å². The van der Waals surface area contributed by atoms with Gasteiger partial charge in [-0.25, -0.2) is 4.39 Å². The summed E-state index contributed by atoms with van der Waals surface area (Å²) in [6, 6.07) is 14.6. The zero-order chi connectivity index (χ0) is 27.2. The molecule has 0 aliphatic carbocycles. The van der Waals surface area contributed by atoms with E-state index in [0.29, 0.717) is 43.4 Å². The molecule has 1 fully saturated rings. The van der Waals surface area contributed by atoms with E-state index in [1.807, 2.05) is 38.1 Å². The van der Waals surface area contributed by atoms with Crippen molar-refractivity contribution in [3.63, 3.8) is 0 Å². The molecule has 1 saturated heterocycles. The molecule has 38 heavy (non-hydrogen) atoms. The fraction of sp³-hybridized carbons (Fsp3) is 0.357. The molecule has 0 unspecified atom stereocenters. The average molecular weight is 522 g/mol. The molecule has 1 aliphatic heterocycles. The lowest BCUT2D eigenvalue weighted by Crippen LogP contribution is -2.53. The first kappa shape index (κ1) is 26.8. The fourth-order valence-corrected chi connectivity index (χ4v) is 4.35. The summed E-state index contributed by atoms with van der Waals surface area (Å²) in [4.78, 5) is 31.3. The van der Waals surface area contributed by atoms with Gasteiger partial charge in [-0.2, -0.15) is 0 Å². The van der Waals surface area contributed by atoms with Gasteiger partial charge in [0.05, 0.1) is 19.9 Å². The zero-order valence-corrected chi connectivity index (χ0v) is 22.1. The van der Waals surface area contributed by atoms with Crippen molar-refractivity contribution < 1.29 is 23.5 Å². The highest BCUT2D eigenvalue weighted by atomic mass is 19.1. The number of piperazine rings is 1. The Morgan fingerprint density at radius 1 is 0.974 bits per heavy atom. The lowest BCUT2D eigenvalue weighted by Gasteiger charge is -2.36. The normalized spacial score (nSPS) is 13.4. The largest absolute Gasteiger partial charge is 0.497 e. The number of carbonyl (C=O) groups excluding carboxylic acids is 2. The predicted molar refractivity (Wildman–Crippen MR) is 142 cm³/mol. The molecule has 200 valence electrons. The maximum atomic E-state index is 13.6. The van der Waals surface area contributed by atoms with Crippen LogP contribution in [0, 0.1) is 5.82 Å². The summed E-state index contributed by atoms with van der Waals surface area (Å²) in [6.07, 6.45) is 0. The minimum Gasteiger partial charge on any atom is -0.497 e. The molecule has 0 spiro atoms. The SMILES string of the molecule is COc1ccc(-c2ccc(N3CCN(C(=O)CN(C(=O)c4cccc(F)c4)C(C)C)CC3)nn2)c(OC)c1. The number of methoxy groups -OCH3 is 2. The Balaban J connectivity index is 1.37. The quantitative estimate of drug-likeness (QED) is 0.448. The van der Waals surface area contributed by atoms with Crippen molar-refractivity contribution in [3.8, 4) is 22.8 Å². The first-order valence-electron chi connectivity index (χ1n) is 12.5. The van der Waals surface area contributed by atoms with Gasteiger partial charge in [0, 0.05) is 49.4 Å². The second-order valence-electron chi connectivity index (χ2n) is 9.25. The lowest BCUT2D eigenvalue weighted by molar-refractivity contribution is -0.132. The van der Waals surface area contributed by atoms with Crippen LogP contribution < -0.4 is 14.4 Å². The van der Waals surface area contributed by atoms with E-state index >= 15 is 0 Å². The summed E-state index contributed by atoms with van der Waals surface area (Å²) in [6.45, 7) is 5.78. The summed E-state index contributed by atoms with van der Waals surface area (Å²) in [5.74, 6) is 1.06. The standard InChI is InChI=1S/C28H32FN5O4/c1-19(2)34(28(36)20-6-5-7-21(29)16-20)18-27(35)33-14-12-32(13-15-33)26-11-10-24(30-31-26)23-9-8-22(37-3)17-25(23)38-4/h5-11,16-17,19H,12-15,18H2,1-4H3.